The monoisotopic (exact) mass is 419 g/mol. The van der Waals surface area contributed by atoms with Crippen LogP contribution in [0.4, 0.5) is 5.69 Å². The molecule has 4 aliphatic rings. The number of benzene rings is 2. The Balaban J connectivity index is 1.39. The second-order valence-electron chi connectivity index (χ2n) is 10.0. The Hall–Kier alpha value is -2.66. The van der Waals surface area contributed by atoms with E-state index in [9.17, 15) is 14.7 Å². The van der Waals surface area contributed by atoms with Crippen molar-refractivity contribution in [3.05, 3.63) is 65.7 Å². The second-order valence-corrected chi connectivity index (χ2v) is 10.0. The SMILES string of the molecule is Cc1ccc(NC(=O)[C@@H](OC(=O)C23C[C@@H]4C[C@@H](CC(O)(C4)C2)C3)c2ccccc2)cc1. The number of carbonyl (C=O) groups is 2. The standard InChI is InChI=1S/C26H29NO4/c1-17-7-9-21(10-8-17)27-23(28)22(20-5-3-2-4-6-20)31-24(29)25-12-18-11-19(13-25)15-26(30,14-18)16-25/h2-10,18-19,22,30H,11-16H2,1H3,(H,27,28)/t18-,19+,22-,25?,26?/m0/s1. The van der Waals surface area contributed by atoms with Crippen LogP contribution in [0, 0.1) is 24.2 Å². The Labute approximate surface area is 182 Å². The van der Waals surface area contributed by atoms with Gasteiger partial charge in [-0.1, -0.05) is 48.0 Å². The van der Waals surface area contributed by atoms with Gasteiger partial charge in [0.25, 0.3) is 5.91 Å². The number of esters is 1. The molecule has 2 N–H and O–H groups in total. The van der Waals surface area contributed by atoms with Crippen LogP contribution in [-0.2, 0) is 14.3 Å². The highest BCUT2D eigenvalue weighted by Gasteiger charge is 2.61. The van der Waals surface area contributed by atoms with Gasteiger partial charge in [-0.15, -0.1) is 0 Å². The highest BCUT2D eigenvalue weighted by atomic mass is 16.5. The lowest BCUT2D eigenvalue weighted by Crippen LogP contribution is -2.58. The summed E-state index contributed by atoms with van der Waals surface area (Å²) in [7, 11) is 0. The van der Waals surface area contributed by atoms with Crippen LogP contribution in [0.15, 0.2) is 54.6 Å². The van der Waals surface area contributed by atoms with E-state index in [4.69, 9.17) is 4.74 Å². The molecule has 0 radical (unpaired) electrons. The fourth-order valence-electron chi connectivity index (χ4n) is 6.43. The van der Waals surface area contributed by atoms with Crippen molar-refractivity contribution in [1.82, 2.24) is 0 Å². The van der Waals surface area contributed by atoms with E-state index >= 15 is 0 Å². The number of hydrogen-bond donors (Lipinski definition) is 2. The number of aliphatic hydroxyl groups is 1. The molecule has 162 valence electrons. The first-order valence-electron chi connectivity index (χ1n) is 11.2. The highest BCUT2D eigenvalue weighted by molar-refractivity contribution is 5.96. The molecule has 5 heteroatoms. The molecule has 31 heavy (non-hydrogen) atoms. The van der Waals surface area contributed by atoms with Gasteiger partial charge in [-0.05, 0) is 69.4 Å². The van der Waals surface area contributed by atoms with Crippen molar-refractivity contribution < 1.29 is 19.4 Å². The van der Waals surface area contributed by atoms with Crippen LogP contribution in [0.2, 0.25) is 0 Å². The van der Waals surface area contributed by atoms with Gasteiger partial charge >= 0.3 is 5.97 Å². The predicted octanol–water partition coefficient (Wildman–Crippen LogP) is 4.55. The number of hydrogen-bond acceptors (Lipinski definition) is 4. The molecule has 2 aromatic rings. The maximum Gasteiger partial charge on any atom is 0.313 e. The Kier molecular flexibility index (Phi) is 4.89. The molecule has 0 saturated heterocycles. The van der Waals surface area contributed by atoms with E-state index in [1.165, 1.54) is 0 Å². The first kappa shape index (κ1) is 20.3. The average molecular weight is 420 g/mol. The summed E-state index contributed by atoms with van der Waals surface area (Å²) in [6, 6.07) is 16.7. The summed E-state index contributed by atoms with van der Waals surface area (Å²) in [4.78, 5) is 26.7. The van der Waals surface area contributed by atoms with Gasteiger partial charge in [0.05, 0.1) is 11.0 Å². The van der Waals surface area contributed by atoms with Gasteiger partial charge < -0.3 is 15.2 Å². The van der Waals surface area contributed by atoms with E-state index in [1.807, 2.05) is 49.4 Å². The summed E-state index contributed by atoms with van der Waals surface area (Å²) in [6.45, 7) is 1.99. The fraction of sp³-hybridized carbons (Fsp3) is 0.462. The zero-order chi connectivity index (χ0) is 21.6. The van der Waals surface area contributed by atoms with Gasteiger partial charge in [0, 0.05) is 11.3 Å². The number of nitrogens with one attached hydrogen (secondary N) is 1. The Morgan fingerprint density at radius 3 is 2.26 bits per heavy atom. The van der Waals surface area contributed by atoms with Crippen molar-refractivity contribution in [3.63, 3.8) is 0 Å². The molecule has 0 aliphatic heterocycles. The normalized spacial score (nSPS) is 31.8. The van der Waals surface area contributed by atoms with E-state index in [1.54, 1.807) is 12.1 Å². The molecule has 4 bridgehead atoms. The smallest absolute Gasteiger partial charge is 0.313 e. The molecule has 5 nitrogen and oxygen atoms in total. The number of amides is 1. The van der Waals surface area contributed by atoms with Crippen LogP contribution in [0.3, 0.4) is 0 Å². The van der Waals surface area contributed by atoms with Gasteiger partial charge in [-0.25, -0.2) is 0 Å². The quantitative estimate of drug-likeness (QED) is 0.697. The number of aryl methyl sites for hydroxylation is 1. The number of ether oxygens (including phenoxy) is 1. The first-order valence-corrected chi connectivity index (χ1v) is 11.2. The molecule has 2 unspecified atom stereocenters. The molecule has 2 aromatic carbocycles. The molecule has 5 atom stereocenters. The van der Waals surface area contributed by atoms with E-state index in [2.05, 4.69) is 5.32 Å². The van der Waals surface area contributed by atoms with Crippen molar-refractivity contribution in [2.45, 2.75) is 57.2 Å². The number of carbonyl (C=O) groups excluding carboxylic acids is 2. The molecule has 0 aromatic heterocycles. The Bertz CT molecular complexity index is 970. The van der Waals surface area contributed by atoms with Crippen molar-refractivity contribution in [2.75, 3.05) is 5.32 Å². The molecule has 6 rings (SSSR count). The zero-order valence-corrected chi connectivity index (χ0v) is 17.8. The molecular formula is C26H29NO4. The van der Waals surface area contributed by atoms with Crippen LogP contribution < -0.4 is 5.32 Å². The van der Waals surface area contributed by atoms with Crippen molar-refractivity contribution in [1.29, 1.82) is 0 Å². The van der Waals surface area contributed by atoms with Crippen LogP contribution in [0.1, 0.15) is 55.8 Å². The third-order valence-electron chi connectivity index (χ3n) is 7.35. The minimum atomic E-state index is -1.03. The minimum absolute atomic E-state index is 0.340. The van der Waals surface area contributed by atoms with Crippen molar-refractivity contribution >= 4 is 17.6 Å². The average Bonchev–Trinajstić information content (AvgIpc) is 2.72. The highest BCUT2D eigenvalue weighted by Crippen LogP contribution is 2.62. The lowest BCUT2D eigenvalue weighted by atomic mass is 9.48. The van der Waals surface area contributed by atoms with Crippen LogP contribution in [0.25, 0.3) is 0 Å². The maximum atomic E-state index is 13.5. The second kappa shape index (κ2) is 7.49. The van der Waals surface area contributed by atoms with E-state index in [-0.39, 0.29) is 11.9 Å². The third-order valence-corrected chi connectivity index (χ3v) is 7.35. The molecule has 4 aliphatic carbocycles. The van der Waals surface area contributed by atoms with Gasteiger partial charge in [0.15, 0.2) is 0 Å². The molecule has 1 amide bonds. The lowest BCUT2D eigenvalue weighted by molar-refractivity contribution is -0.200. The molecule has 0 spiro atoms. The van der Waals surface area contributed by atoms with Crippen LogP contribution >= 0.6 is 0 Å². The van der Waals surface area contributed by atoms with Gasteiger partial charge in [-0.2, -0.15) is 0 Å². The molecule has 0 heterocycles. The molecular weight excluding hydrogens is 390 g/mol. The van der Waals surface area contributed by atoms with Crippen LogP contribution in [-0.4, -0.2) is 22.6 Å². The maximum absolute atomic E-state index is 13.5. The summed E-state index contributed by atoms with van der Waals surface area (Å²) in [6.07, 6.45) is 3.60. The summed E-state index contributed by atoms with van der Waals surface area (Å²) in [5.41, 5.74) is 0.982. The predicted molar refractivity (Wildman–Crippen MR) is 117 cm³/mol. The third kappa shape index (κ3) is 3.87. The summed E-state index contributed by atoms with van der Waals surface area (Å²) < 4.78 is 5.96. The summed E-state index contributed by atoms with van der Waals surface area (Å²) in [5, 5.41) is 13.9. The van der Waals surface area contributed by atoms with Crippen LogP contribution in [0.5, 0.6) is 0 Å². The van der Waals surface area contributed by atoms with E-state index in [0.29, 0.717) is 29.5 Å². The topological polar surface area (TPSA) is 75.6 Å². The van der Waals surface area contributed by atoms with Gasteiger partial charge in [0.2, 0.25) is 6.10 Å². The summed E-state index contributed by atoms with van der Waals surface area (Å²) in [5.74, 6) is 0.0329. The van der Waals surface area contributed by atoms with E-state index < -0.39 is 17.1 Å². The number of rotatable bonds is 5. The van der Waals surface area contributed by atoms with E-state index in [0.717, 1.165) is 37.7 Å². The largest absolute Gasteiger partial charge is 0.447 e. The van der Waals surface area contributed by atoms with Crippen molar-refractivity contribution in [3.8, 4) is 0 Å². The zero-order valence-electron chi connectivity index (χ0n) is 17.8. The molecule has 4 fully saturated rings. The minimum Gasteiger partial charge on any atom is -0.447 e. The van der Waals surface area contributed by atoms with Crippen molar-refractivity contribution in [2.24, 2.45) is 17.3 Å². The Morgan fingerprint density at radius 1 is 1.00 bits per heavy atom. The Morgan fingerprint density at radius 2 is 1.65 bits per heavy atom. The first-order chi connectivity index (χ1) is 14.8. The summed E-state index contributed by atoms with van der Waals surface area (Å²) >= 11 is 0. The van der Waals surface area contributed by atoms with Gasteiger partial charge in [-0.3, -0.25) is 9.59 Å². The van der Waals surface area contributed by atoms with Gasteiger partial charge in [0.1, 0.15) is 0 Å². The molecule has 4 saturated carbocycles. The lowest BCUT2D eigenvalue weighted by Gasteiger charge is -2.58. The number of anilines is 1. The fourth-order valence-corrected chi connectivity index (χ4v) is 6.43.